The summed E-state index contributed by atoms with van der Waals surface area (Å²) < 4.78 is 6.03. The maximum atomic E-state index is 11.9. The summed E-state index contributed by atoms with van der Waals surface area (Å²) >= 11 is 4.51. The molecule has 0 unspecified atom stereocenters. The van der Waals surface area contributed by atoms with Crippen LogP contribution in [0.4, 0.5) is 5.69 Å². The average Bonchev–Trinajstić information content (AvgIpc) is 2.91. The third-order valence-electron chi connectivity index (χ3n) is 2.49. The highest BCUT2D eigenvalue weighted by Crippen LogP contribution is 2.28. The lowest BCUT2D eigenvalue weighted by molar-refractivity contribution is -0.385. The molecule has 6 nitrogen and oxygen atoms in total. The third-order valence-corrected chi connectivity index (χ3v) is 4.16. The standard InChI is InChI=1S/C13H7BrN2O4S/c14-13-4-3-12(21-13)10(17)7-20-11-2-1-8(6-15)5-9(11)16(18)19/h1-5H,7H2. The summed E-state index contributed by atoms with van der Waals surface area (Å²) in [4.78, 5) is 22.7. The zero-order valence-corrected chi connectivity index (χ0v) is 12.8. The summed E-state index contributed by atoms with van der Waals surface area (Å²) in [5.41, 5.74) is -0.184. The maximum Gasteiger partial charge on any atom is 0.312 e. The van der Waals surface area contributed by atoms with Crippen LogP contribution in [-0.4, -0.2) is 17.3 Å². The van der Waals surface area contributed by atoms with Crippen molar-refractivity contribution in [1.29, 1.82) is 5.26 Å². The number of benzene rings is 1. The fourth-order valence-electron chi connectivity index (χ4n) is 1.53. The van der Waals surface area contributed by atoms with Crippen molar-refractivity contribution in [3.63, 3.8) is 0 Å². The van der Waals surface area contributed by atoms with Gasteiger partial charge in [-0.15, -0.1) is 11.3 Å². The fourth-order valence-corrected chi connectivity index (χ4v) is 2.84. The number of hydrogen-bond donors (Lipinski definition) is 0. The minimum Gasteiger partial charge on any atom is -0.478 e. The van der Waals surface area contributed by atoms with Gasteiger partial charge in [-0.25, -0.2) is 0 Å². The average molecular weight is 367 g/mol. The topological polar surface area (TPSA) is 93.2 Å². The molecular formula is C13H7BrN2O4S. The van der Waals surface area contributed by atoms with Gasteiger partial charge in [-0.05, 0) is 40.2 Å². The monoisotopic (exact) mass is 366 g/mol. The molecular weight excluding hydrogens is 360 g/mol. The van der Waals surface area contributed by atoms with E-state index >= 15 is 0 Å². The SMILES string of the molecule is N#Cc1ccc(OCC(=O)c2ccc(Br)s2)c([N+](=O)[O-])c1. The van der Waals surface area contributed by atoms with E-state index in [1.165, 1.54) is 23.5 Å². The Hall–Kier alpha value is -2.24. The number of ketones is 1. The molecule has 1 aromatic carbocycles. The molecule has 0 spiro atoms. The van der Waals surface area contributed by atoms with Crippen LogP contribution in [0.2, 0.25) is 0 Å². The molecule has 0 amide bonds. The van der Waals surface area contributed by atoms with Crippen LogP contribution in [0.15, 0.2) is 34.1 Å². The molecule has 21 heavy (non-hydrogen) atoms. The Morgan fingerprint density at radius 2 is 2.19 bits per heavy atom. The van der Waals surface area contributed by atoms with E-state index in [0.717, 1.165) is 9.85 Å². The fraction of sp³-hybridized carbons (Fsp3) is 0.0769. The molecule has 0 atom stereocenters. The molecule has 2 aromatic rings. The van der Waals surface area contributed by atoms with Crippen molar-refractivity contribution in [3.05, 3.63) is 54.7 Å². The third kappa shape index (κ3) is 3.65. The molecule has 0 fully saturated rings. The predicted octanol–water partition coefficient (Wildman–Crippen LogP) is 3.55. The van der Waals surface area contributed by atoms with Crippen molar-refractivity contribution in [1.82, 2.24) is 0 Å². The van der Waals surface area contributed by atoms with E-state index in [1.807, 2.05) is 6.07 Å². The van der Waals surface area contributed by atoms with E-state index in [2.05, 4.69) is 15.9 Å². The zero-order valence-electron chi connectivity index (χ0n) is 10.4. The molecule has 1 aromatic heterocycles. The summed E-state index contributed by atoms with van der Waals surface area (Å²) in [6, 6.07) is 9.02. The lowest BCUT2D eigenvalue weighted by atomic mass is 10.2. The van der Waals surface area contributed by atoms with Gasteiger partial charge in [0.25, 0.3) is 0 Å². The molecule has 0 N–H and O–H groups in total. The number of nitriles is 1. The second kappa shape index (κ2) is 6.47. The van der Waals surface area contributed by atoms with E-state index < -0.39 is 4.92 Å². The van der Waals surface area contributed by atoms with Crippen LogP contribution >= 0.6 is 27.3 Å². The maximum absolute atomic E-state index is 11.9. The minimum atomic E-state index is -0.650. The van der Waals surface area contributed by atoms with Gasteiger partial charge in [-0.1, -0.05) is 0 Å². The Morgan fingerprint density at radius 1 is 1.43 bits per heavy atom. The molecule has 0 aliphatic carbocycles. The van der Waals surface area contributed by atoms with Crippen molar-refractivity contribution < 1.29 is 14.5 Å². The van der Waals surface area contributed by atoms with Gasteiger partial charge in [0.15, 0.2) is 12.4 Å². The van der Waals surface area contributed by atoms with E-state index in [4.69, 9.17) is 10.00 Å². The van der Waals surface area contributed by atoms with Crippen LogP contribution in [0.25, 0.3) is 0 Å². The van der Waals surface area contributed by atoms with Gasteiger partial charge in [-0.2, -0.15) is 5.26 Å². The number of ether oxygens (including phenoxy) is 1. The van der Waals surface area contributed by atoms with Crippen LogP contribution in [0.3, 0.4) is 0 Å². The summed E-state index contributed by atoms with van der Waals surface area (Å²) in [6.07, 6.45) is 0. The van der Waals surface area contributed by atoms with Crippen molar-refractivity contribution in [2.45, 2.75) is 0 Å². The molecule has 8 heteroatoms. The molecule has 0 aliphatic rings. The number of carbonyl (C=O) groups excluding carboxylic acids is 1. The quantitative estimate of drug-likeness (QED) is 0.458. The zero-order chi connectivity index (χ0) is 15.4. The number of carbonyl (C=O) groups is 1. The first-order valence-corrected chi connectivity index (χ1v) is 7.22. The van der Waals surface area contributed by atoms with E-state index in [0.29, 0.717) is 4.88 Å². The number of nitro benzene ring substituents is 1. The van der Waals surface area contributed by atoms with Crippen LogP contribution in [0, 0.1) is 21.4 Å². The first-order valence-electron chi connectivity index (χ1n) is 5.61. The first-order chi connectivity index (χ1) is 10.0. The molecule has 0 radical (unpaired) electrons. The Labute approximate surface area is 131 Å². The Morgan fingerprint density at radius 3 is 2.76 bits per heavy atom. The normalized spacial score (nSPS) is 9.90. The van der Waals surface area contributed by atoms with Crippen molar-refractivity contribution in [2.24, 2.45) is 0 Å². The highest BCUT2D eigenvalue weighted by molar-refractivity contribution is 9.11. The number of thiophene rings is 1. The number of Topliss-reactive ketones (excluding diaryl/α,β-unsaturated/α-hetero) is 1. The number of halogens is 1. The van der Waals surface area contributed by atoms with Gasteiger partial charge in [-0.3, -0.25) is 14.9 Å². The summed E-state index contributed by atoms with van der Waals surface area (Å²) in [5.74, 6) is -0.313. The Bertz CT molecular complexity index is 751. The second-order valence-electron chi connectivity index (χ2n) is 3.87. The van der Waals surface area contributed by atoms with Gasteiger partial charge >= 0.3 is 5.69 Å². The lowest BCUT2D eigenvalue weighted by Crippen LogP contribution is -2.11. The number of nitrogens with zero attached hydrogens (tertiary/aromatic N) is 2. The number of hydrogen-bond acceptors (Lipinski definition) is 6. The van der Waals surface area contributed by atoms with Crippen molar-refractivity contribution in [2.75, 3.05) is 6.61 Å². The van der Waals surface area contributed by atoms with E-state index in [9.17, 15) is 14.9 Å². The van der Waals surface area contributed by atoms with E-state index in [1.54, 1.807) is 12.1 Å². The summed E-state index contributed by atoms with van der Waals surface area (Å²) in [6.45, 7) is -0.306. The van der Waals surface area contributed by atoms with Gasteiger partial charge < -0.3 is 4.74 Å². The number of nitro groups is 1. The molecule has 0 bridgehead atoms. The first kappa shape index (κ1) is 15.2. The second-order valence-corrected chi connectivity index (χ2v) is 6.33. The van der Waals surface area contributed by atoms with Gasteiger partial charge in [0, 0.05) is 6.07 Å². The van der Waals surface area contributed by atoms with E-state index in [-0.39, 0.29) is 29.4 Å². The molecule has 2 rings (SSSR count). The largest absolute Gasteiger partial charge is 0.478 e. The molecule has 106 valence electrons. The van der Waals surface area contributed by atoms with Crippen molar-refractivity contribution in [3.8, 4) is 11.8 Å². The lowest BCUT2D eigenvalue weighted by Gasteiger charge is -2.05. The van der Waals surface area contributed by atoms with Gasteiger partial charge in [0.2, 0.25) is 5.78 Å². The highest BCUT2D eigenvalue weighted by Gasteiger charge is 2.18. The smallest absolute Gasteiger partial charge is 0.312 e. The van der Waals surface area contributed by atoms with Crippen LogP contribution < -0.4 is 4.74 Å². The molecule has 0 aliphatic heterocycles. The molecule has 1 heterocycles. The Kier molecular flexibility index (Phi) is 4.67. The van der Waals surface area contributed by atoms with Gasteiger partial charge in [0.1, 0.15) is 0 Å². The number of rotatable bonds is 5. The summed E-state index contributed by atoms with van der Waals surface area (Å²) in [5, 5.41) is 19.7. The van der Waals surface area contributed by atoms with Crippen LogP contribution in [0.5, 0.6) is 5.75 Å². The van der Waals surface area contributed by atoms with Crippen LogP contribution in [0.1, 0.15) is 15.2 Å². The highest BCUT2D eigenvalue weighted by atomic mass is 79.9. The Balaban J connectivity index is 2.15. The minimum absolute atomic E-state index is 0.0389. The molecule has 0 saturated heterocycles. The van der Waals surface area contributed by atoms with Gasteiger partial charge in [0.05, 0.1) is 25.2 Å². The predicted molar refractivity (Wildman–Crippen MR) is 79.7 cm³/mol. The summed E-state index contributed by atoms with van der Waals surface area (Å²) in [7, 11) is 0. The molecule has 0 saturated carbocycles. The van der Waals surface area contributed by atoms with Crippen molar-refractivity contribution >= 4 is 38.7 Å². The van der Waals surface area contributed by atoms with Crippen LogP contribution in [-0.2, 0) is 0 Å².